The molecule has 2 unspecified atom stereocenters. The van der Waals surface area contributed by atoms with Crippen molar-refractivity contribution in [3.63, 3.8) is 0 Å². The topological polar surface area (TPSA) is 46.3 Å². The fourth-order valence-corrected chi connectivity index (χ4v) is 2.99. The summed E-state index contributed by atoms with van der Waals surface area (Å²) in [5.74, 6) is 0.535. The Morgan fingerprint density at radius 1 is 1.36 bits per heavy atom. The zero-order valence-electron chi connectivity index (χ0n) is 14.0. The molecule has 0 saturated carbocycles. The van der Waals surface area contributed by atoms with E-state index < -0.39 is 0 Å². The minimum Gasteiger partial charge on any atom is -0.342 e. The summed E-state index contributed by atoms with van der Waals surface area (Å²) in [7, 11) is 0. The van der Waals surface area contributed by atoms with Crippen LogP contribution in [0.15, 0.2) is 24.3 Å². The molecule has 124 valence electrons. The van der Waals surface area contributed by atoms with Gasteiger partial charge in [0.1, 0.15) is 0 Å². The second-order valence-electron chi connectivity index (χ2n) is 6.78. The average Bonchev–Trinajstić information content (AvgIpc) is 2.90. The van der Waals surface area contributed by atoms with Gasteiger partial charge in [-0.25, -0.2) is 0 Å². The van der Waals surface area contributed by atoms with Gasteiger partial charge in [0.2, 0.25) is 5.91 Å². The van der Waals surface area contributed by atoms with E-state index in [4.69, 9.17) is 5.73 Å². The Morgan fingerprint density at radius 3 is 2.50 bits per heavy atom. The highest BCUT2D eigenvalue weighted by atomic mass is 35.5. The number of hydrogen-bond acceptors (Lipinski definition) is 2. The van der Waals surface area contributed by atoms with Crippen molar-refractivity contribution in [1.29, 1.82) is 0 Å². The highest BCUT2D eigenvalue weighted by Crippen LogP contribution is 2.30. The van der Waals surface area contributed by atoms with E-state index in [1.807, 2.05) is 4.90 Å². The summed E-state index contributed by atoms with van der Waals surface area (Å²) in [5, 5.41) is 0. The average molecular weight is 325 g/mol. The van der Waals surface area contributed by atoms with Crippen LogP contribution in [0.1, 0.15) is 50.7 Å². The first-order valence-electron chi connectivity index (χ1n) is 8.04. The van der Waals surface area contributed by atoms with Crippen LogP contribution in [0.3, 0.4) is 0 Å². The third-order valence-corrected chi connectivity index (χ3v) is 4.84. The molecular weight excluding hydrogens is 296 g/mol. The van der Waals surface area contributed by atoms with Crippen molar-refractivity contribution in [2.45, 2.75) is 46.0 Å². The molecule has 22 heavy (non-hydrogen) atoms. The van der Waals surface area contributed by atoms with Crippen molar-refractivity contribution >= 4 is 18.3 Å². The van der Waals surface area contributed by atoms with E-state index >= 15 is 0 Å². The van der Waals surface area contributed by atoms with Crippen LogP contribution in [0.25, 0.3) is 0 Å². The molecule has 1 aromatic carbocycles. The van der Waals surface area contributed by atoms with E-state index in [-0.39, 0.29) is 29.6 Å². The maximum absolute atomic E-state index is 12.4. The third-order valence-electron chi connectivity index (χ3n) is 4.84. The van der Waals surface area contributed by atoms with Crippen LogP contribution in [-0.4, -0.2) is 30.4 Å². The predicted molar refractivity (Wildman–Crippen MR) is 94.5 cm³/mol. The first-order valence-corrected chi connectivity index (χ1v) is 8.04. The molecule has 0 aliphatic carbocycles. The van der Waals surface area contributed by atoms with Gasteiger partial charge in [-0.15, -0.1) is 12.4 Å². The first kappa shape index (κ1) is 19.0. The van der Waals surface area contributed by atoms with Crippen molar-refractivity contribution in [1.82, 2.24) is 4.90 Å². The molecule has 2 rings (SSSR count). The molecule has 1 aromatic rings. The van der Waals surface area contributed by atoms with Gasteiger partial charge in [0, 0.05) is 19.5 Å². The Labute approximate surface area is 140 Å². The number of aryl methyl sites for hydroxylation is 1. The quantitative estimate of drug-likeness (QED) is 0.902. The van der Waals surface area contributed by atoms with Crippen LogP contribution in [0, 0.1) is 5.41 Å². The number of rotatable bonds is 5. The van der Waals surface area contributed by atoms with Crippen LogP contribution in [0.4, 0.5) is 0 Å². The van der Waals surface area contributed by atoms with Crippen LogP contribution in [-0.2, 0) is 11.2 Å². The number of amides is 1. The molecule has 1 amide bonds. The number of nitrogens with two attached hydrogens (primary N) is 1. The van der Waals surface area contributed by atoms with E-state index in [0.717, 1.165) is 25.9 Å². The lowest BCUT2D eigenvalue weighted by molar-refractivity contribution is -0.130. The smallest absolute Gasteiger partial charge is 0.223 e. The summed E-state index contributed by atoms with van der Waals surface area (Å²) in [5.41, 5.74) is 8.52. The lowest BCUT2D eigenvalue weighted by Crippen LogP contribution is -2.34. The van der Waals surface area contributed by atoms with Gasteiger partial charge in [0.25, 0.3) is 0 Å². The standard InChI is InChI=1S/C18H28N2O.ClH/c1-4-15-5-7-16(8-6-15)14(2)11-17(21)20-10-9-18(3,12-19)13-20;/h5-8,14H,4,9-13,19H2,1-3H3;1H. The number of nitrogens with zero attached hydrogens (tertiary/aromatic N) is 1. The Morgan fingerprint density at radius 2 is 2.00 bits per heavy atom. The molecule has 1 saturated heterocycles. The summed E-state index contributed by atoms with van der Waals surface area (Å²) in [6.45, 7) is 8.79. The maximum Gasteiger partial charge on any atom is 0.223 e. The zero-order valence-corrected chi connectivity index (χ0v) is 14.8. The van der Waals surface area contributed by atoms with E-state index in [0.29, 0.717) is 13.0 Å². The molecule has 0 radical (unpaired) electrons. The van der Waals surface area contributed by atoms with Crippen LogP contribution in [0.2, 0.25) is 0 Å². The van der Waals surface area contributed by atoms with Crippen molar-refractivity contribution in [2.24, 2.45) is 11.1 Å². The third kappa shape index (κ3) is 4.47. The summed E-state index contributed by atoms with van der Waals surface area (Å²) in [6.07, 6.45) is 2.67. The van der Waals surface area contributed by atoms with Gasteiger partial charge in [-0.2, -0.15) is 0 Å². The second-order valence-corrected chi connectivity index (χ2v) is 6.78. The molecule has 1 fully saturated rings. The van der Waals surface area contributed by atoms with Gasteiger partial charge in [0.15, 0.2) is 0 Å². The minimum absolute atomic E-state index is 0. The molecular formula is C18H29ClN2O. The van der Waals surface area contributed by atoms with Crippen LogP contribution < -0.4 is 5.73 Å². The van der Waals surface area contributed by atoms with E-state index in [1.165, 1.54) is 11.1 Å². The Bertz CT molecular complexity index is 488. The molecule has 3 nitrogen and oxygen atoms in total. The highest BCUT2D eigenvalue weighted by molar-refractivity contribution is 5.85. The second kappa shape index (κ2) is 7.98. The first-order chi connectivity index (χ1) is 9.97. The molecule has 1 aliphatic heterocycles. The molecule has 0 aromatic heterocycles. The number of carbonyl (C=O) groups is 1. The number of likely N-dealkylation sites (tertiary alicyclic amines) is 1. The van der Waals surface area contributed by atoms with Crippen molar-refractivity contribution in [3.05, 3.63) is 35.4 Å². The van der Waals surface area contributed by atoms with Gasteiger partial charge in [-0.1, -0.05) is 45.0 Å². The normalized spacial score (nSPS) is 22.3. The Kier molecular flexibility index (Phi) is 6.89. The van der Waals surface area contributed by atoms with Gasteiger partial charge < -0.3 is 10.6 Å². The van der Waals surface area contributed by atoms with Crippen LogP contribution >= 0.6 is 12.4 Å². The number of halogens is 1. The van der Waals surface area contributed by atoms with Gasteiger partial charge in [-0.3, -0.25) is 4.79 Å². The summed E-state index contributed by atoms with van der Waals surface area (Å²) < 4.78 is 0. The molecule has 2 N–H and O–H groups in total. The number of hydrogen-bond donors (Lipinski definition) is 1. The fourth-order valence-electron chi connectivity index (χ4n) is 2.99. The molecule has 0 bridgehead atoms. The van der Waals surface area contributed by atoms with Gasteiger partial charge in [-0.05, 0) is 41.8 Å². The Hall–Kier alpha value is -1.06. The van der Waals surface area contributed by atoms with Crippen molar-refractivity contribution in [2.75, 3.05) is 19.6 Å². The molecule has 0 spiro atoms. The zero-order chi connectivity index (χ0) is 15.5. The van der Waals surface area contributed by atoms with E-state index in [1.54, 1.807) is 0 Å². The highest BCUT2D eigenvalue weighted by Gasteiger charge is 2.34. The van der Waals surface area contributed by atoms with E-state index in [2.05, 4.69) is 45.0 Å². The number of benzene rings is 1. The lowest BCUT2D eigenvalue weighted by atomic mass is 9.90. The van der Waals surface area contributed by atoms with Crippen molar-refractivity contribution < 1.29 is 4.79 Å². The van der Waals surface area contributed by atoms with Crippen LogP contribution in [0.5, 0.6) is 0 Å². The molecule has 1 aliphatic rings. The fraction of sp³-hybridized carbons (Fsp3) is 0.611. The SMILES string of the molecule is CCc1ccc(C(C)CC(=O)N2CCC(C)(CN)C2)cc1.Cl. The largest absolute Gasteiger partial charge is 0.342 e. The number of carbonyl (C=O) groups excluding carboxylic acids is 1. The molecule has 4 heteroatoms. The summed E-state index contributed by atoms with van der Waals surface area (Å²) in [4.78, 5) is 14.4. The Balaban J connectivity index is 0.00000242. The molecule has 2 atom stereocenters. The lowest BCUT2D eigenvalue weighted by Gasteiger charge is -2.23. The minimum atomic E-state index is 0. The van der Waals surface area contributed by atoms with E-state index in [9.17, 15) is 4.79 Å². The summed E-state index contributed by atoms with van der Waals surface area (Å²) in [6, 6.07) is 8.64. The molecule has 1 heterocycles. The van der Waals surface area contributed by atoms with Gasteiger partial charge >= 0.3 is 0 Å². The van der Waals surface area contributed by atoms with Crippen molar-refractivity contribution in [3.8, 4) is 0 Å². The maximum atomic E-state index is 12.4. The monoisotopic (exact) mass is 324 g/mol. The summed E-state index contributed by atoms with van der Waals surface area (Å²) >= 11 is 0. The predicted octanol–water partition coefficient (Wildman–Crippen LogP) is 3.36. The van der Waals surface area contributed by atoms with Gasteiger partial charge in [0.05, 0.1) is 0 Å².